The van der Waals surface area contributed by atoms with E-state index in [1.165, 1.54) is 9.80 Å². The summed E-state index contributed by atoms with van der Waals surface area (Å²) >= 11 is 0. The van der Waals surface area contributed by atoms with E-state index in [0.717, 1.165) is 0 Å². The number of carbonyl (C=O) groups is 7. The van der Waals surface area contributed by atoms with E-state index >= 15 is 0 Å². The second-order valence-corrected chi connectivity index (χ2v) is 15.3. The maximum Gasteiger partial charge on any atom is 0.408 e. The van der Waals surface area contributed by atoms with Crippen LogP contribution in [0.5, 0.6) is 0 Å². The number of piperidine rings is 1. The van der Waals surface area contributed by atoms with Gasteiger partial charge in [0.1, 0.15) is 18.1 Å². The second-order valence-electron chi connectivity index (χ2n) is 15.3. The van der Waals surface area contributed by atoms with Crippen molar-refractivity contribution < 1.29 is 38.3 Å². The third kappa shape index (κ3) is 9.39. The van der Waals surface area contributed by atoms with Crippen molar-refractivity contribution in [1.82, 2.24) is 31.1 Å². The molecule has 1 saturated carbocycles. The predicted molar refractivity (Wildman–Crippen MR) is 185 cm³/mol. The van der Waals surface area contributed by atoms with E-state index < -0.39 is 77.7 Å². The van der Waals surface area contributed by atoms with Crippen LogP contribution in [0.3, 0.4) is 0 Å². The normalized spacial score (nSPS) is 20.8. The second kappa shape index (κ2) is 16.0. The minimum Gasteiger partial charge on any atom is -0.447 e. The van der Waals surface area contributed by atoms with E-state index in [4.69, 9.17) is 4.74 Å². The monoisotopic (exact) mass is 698 g/mol. The molecule has 0 spiro atoms. The van der Waals surface area contributed by atoms with Gasteiger partial charge in [-0.05, 0) is 48.5 Å². The van der Waals surface area contributed by atoms with Crippen LogP contribution in [-0.4, -0.2) is 103 Å². The molecule has 0 aromatic heterocycles. The van der Waals surface area contributed by atoms with Crippen molar-refractivity contribution in [3.8, 4) is 0 Å². The first-order chi connectivity index (χ1) is 23.2. The number of likely N-dealkylation sites (tertiary alicyclic amines) is 1. The number of alkyl carbamates (subject to hydrolysis) is 1. The van der Waals surface area contributed by atoms with Gasteiger partial charge in [-0.2, -0.15) is 0 Å². The number of hydrogen-bond acceptors (Lipinski definition) is 8. The smallest absolute Gasteiger partial charge is 0.408 e. The summed E-state index contributed by atoms with van der Waals surface area (Å²) in [6, 6.07) is 4.48. The van der Waals surface area contributed by atoms with Gasteiger partial charge in [0.25, 0.3) is 5.91 Å². The predicted octanol–water partition coefficient (Wildman–Crippen LogP) is 1.93. The average Bonchev–Trinajstić information content (AvgIpc) is 3.33. The average molecular weight is 699 g/mol. The van der Waals surface area contributed by atoms with Gasteiger partial charge in [0.2, 0.25) is 29.4 Å². The van der Waals surface area contributed by atoms with E-state index in [2.05, 4.69) is 21.3 Å². The highest BCUT2D eigenvalue weighted by Gasteiger charge is 2.70. The molecular weight excluding hydrogens is 644 g/mol. The number of nitrogens with zero attached hydrogens (tertiary/aromatic N) is 2. The summed E-state index contributed by atoms with van der Waals surface area (Å²) in [5.41, 5.74) is -0.406. The summed E-state index contributed by atoms with van der Waals surface area (Å²) in [6.07, 6.45) is -0.549. The van der Waals surface area contributed by atoms with Crippen LogP contribution in [0.25, 0.3) is 0 Å². The molecule has 14 nitrogen and oxygen atoms in total. The zero-order chi connectivity index (χ0) is 37.7. The first-order valence-corrected chi connectivity index (χ1v) is 17.2. The standard InChI is InChI=1S/C36H54N6O8/c1-11-15-23(28(44)31(46)37-18-24(43)39-26(32(47)41(9)10)21-16-13-12-14-17-21)38-30(45)27-25-22(36(25,7)8)19-42(27)33(48)29(35(4,5)6)40-34(49)50-20(2)3/h12-14,16-17,20,22-23,25-27,29H,11,15,18-19H2,1-10H3,(H,37,46)(H,38,45)(H,39,43)(H,40,49)/t22?,23?,25?,26-,27-,29+/m0/s1. The molecule has 50 heavy (non-hydrogen) atoms. The molecule has 1 aliphatic heterocycles. The molecule has 1 aromatic carbocycles. The number of rotatable bonds is 14. The summed E-state index contributed by atoms with van der Waals surface area (Å²) in [5.74, 6) is -4.24. The Bertz CT molecular complexity index is 1450. The number of amides is 6. The number of ether oxygens (including phenoxy) is 1. The van der Waals surface area contributed by atoms with Crippen LogP contribution < -0.4 is 21.3 Å². The molecule has 0 radical (unpaired) electrons. The molecule has 1 aliphatic carbocycles. The molecule has 1 heterocycles. The lowest BCUT2D eigenvalue weighted by atomic mass is 9.85. The lowest BCUT2D eigenvalue weighted by Gasteiger charge is -2.37. The molecule has 0 bridgehead atoms. The van der Waals surface area contributed by atoms with Gasteiger partial charge in [0.05, 0.1) is 18.7 Å². The third-order valence-corrected chi connectivity index (χ3v) is 9.45. The molecule has 6 amide bonds. The zero-order valence-corrected chi connectivity index (χ0v) is 30.9. The summed E-state index contributed by atoms with van der Waals surface area (Å²) in [5, 5.41) is 10.3. The van der Waals surface area contributed by atoms with Gasteiger partial charge >= 0.3 is 6.09 Å². The first kappa shape index (κ1) is 39.9. The van der Waals surface area contributed by atoms with Gasteiger partial charge in [0.15, 0.2) is 0 Å². The summed E-state index contributed by atoms with van der Waals surface area (Å²) in [4.78, 5) is 95.3. The minimum absolute atomic E-state index is 0.0339. The summed E-state index contributed by atoms with van der Waals surface area (Å²) < 4.78 is 5.23. The molecule has 14 heteroatoms. The number of ketones is 1. The largest absolute Gasteiger partial charge is 0.447 e. The highest BCUT2D eigenvalue weighted by molar-refractivity contribution is 6.38. The van der Waals surface area contributed by atoms with Gasteiger partial charge in [-0.3, -0.25) is 28.8 Å². The SMILES string of the molecule is CCCC(NC(=O)[C@@H]1C2C(CN1C(=O)[C@@H](NC(=O)OC(C)C)C(C)(C)C)C2(C)C)C(=O)C(=O)NCC(=O)N[C@H](C(=O)N(C)C)c1ccccc1. The Kier molecular flexibility index (Phi) is 12.8. The van der Waals surface area contributed by atoms with Crippen molar-refractivity contribution in [2.45, 2.75) is 98.5 Å². The fourth-order valence-corrected chi connectivity index (χ4v) is 6.62. The Morgan fingerprint density at radius 1 is 0.980 bits per heavy atom. The van der Waals surface area contributed by atoms with Gasteiger partial charge in [0, 0.05) is 20.6 Å². The number of hydrogen-bond donors (Lipinski definition) is 4. The Labute approximate surface area is 294 Å². The topological polar surface area (TPSA) is 183 Å². The summed E-state index contributed by atoms with van der Waals surface area (Å²) in [7, 11) is 3.11. The van der Waals surface area contributed by atoms with Crippen LogP contribution in [0.2, 0.25) is 0 Å². The van der Waals surface area contributed by atoms with Crippen LogP contribution in [-0.2, 0) is 33.5 Å². The number of fused-ring (bicyclic) bond motifs is 1. The number of carbonyl (C=O) groups excluding carboxylic acids is 7. The molecule has 4 N–H and O–H groups in total. The molecule has 1 aromatic rings. The molecule has 276 valence electrons. The molecule has 2 aliphatic rings. The zero-order valence-electron chi connectivity index (χ0n) is 30.9. The quantitative estimate of drug-likeness (QED) is 0.213. The van der Waals surface area contributed by atoms with Crippen LogP contribution in [0.4, 0.5) is 4.79 Å². The van der Waals surface area contributed by atoms with Crippen LogP contribution in [0.15, 0.2) is 30.3 Å². The van der Waals surface area contributed by atoms with Crippen molar-refractivity contribution >= 4 is 41.4 Å². The van der Waals surface area contributed by atoms with Crippen LogP contribution in [0, 0.1) is 22.7 Å². The van der Waals surface area contributed by atoms with Crippen LogP contribution >= 0.6 is 0 Å². The van der Waals surface area contributed by atoms with Crippen molar-refractivity contribution in [2.24, 2.45) is 22.7 Å². The van der Waals surface area contributed by atoms with Crippen molar-refractivity contribution in [3.05, 3.63) is 35.9 Å². The van der Waals surface area contributed by atoms with Gasteiger partial charge < -0.3 is 35.8 Å². The van der Waals surface area contributed by atoms with E-state index in [1.54, 1.807) is 86.0 Å². The van der Waals surface area contributed by atoms with Gasteiger partial charge in [-0.15, -0.1) is 0 Å². The fourth-order valence-electron chi connectivity index (χ4n) is 6.62. The maximum atomic E-state index is 14.0. The number of nitrogens with one attached hydrogen (secondary N) is 4. The third-order valence-electron chi connectivity index (χ3n) is 9.45. The lowest BCUT2D eigenvalue weighted by Crippen LogP contribution is -2.60. The first-order valence-electron chi connectivity index (χ1n) is 17.2. The Hall–Kier alpha value is -4.49. The lowest BCUT2D eigenvalue weighted by molar-refractivity contribution is -0.145. The van der Waals surface area contributed by atoms with Gasteiger partial charge in [-0.1, -0.05) is 78.3 Å². The summed E-state index contributed by atoms with van der Waals surface area (Å²) in [6.45, 7) is 14.4. The van der Waals surface area contributed by atoms with Gasteiger partial charge in [-0.25, -0.2) is 4.79 Å². The Morgan fingerprint density at radius 3 is 2.14 bits per heavy atom. The highest BCUT2D eigenvalue weighted by Crippen LogP contribution is 2.65. The number of benzene rings is 1. The Morgan fingerprint density at radius 2 is 1.60 bits per heavy atom. The number of Topliss-reactive ketones (excluding diaryl/α,β-unsaturated/α-hetero) is 1. The van der Waals surface area contributed by atoms with E-state index in [1.807, 2.05) is 13.8 Å². The molecular formula is C36H54N6O8. The fraction of sp³-hybridized carbons (Fsp3) is 0.639. The Balaban J connectivity index is 1.72. The van der Waals surface area contributed by atoms with E-state index in [-0.39, 0.29) is 29.6 Å². The van der Waals surface area contributed by atoms with Crippen LogP contribution in [0.1, 0.15) is 79.8 Å². The van der Waals surface area contributed by atoms with Crippen molar-refractivity contribution in [1.29, 1.82) is 0 Å². The highest BCUT2D eigenvalue weighted by atomic mass is 16.6. The number of likely N-dealkylation sites (N-methyl/N-ethyl adjacent to an activating group) is 1. The van der Waals surface area contributed by atoms with E-state index in [0.29, 0.717) is 18.5 Å². The van der Waals surface area contributed by atoms with E-state index in [9.17, 15) is 33.6 Å². The minimum atomic E-state index is -1.21. The van der Waals surface area contributed by atoms with Crippen molar-refractivity contribution in [3.63, 3.8) is 0 Å². The molecule has 3 unspecified atom stereocenters. The molecule has 3 rings (SSSR count). The maximum absolute atomic E-state index is 14.0. The van der Waals surface area contributed by atoms with Crippen molar-refractivity contribution in [2.75, 3.05) is 27.2 Å². The molecule has 1 saturated heterocycles. The molecule has 6 atom stereocenters. The molecule has 2 fully saturated rings.